The number of nitrogens with one attached hydrogen (secondary N) is 1. The van der Waals surface area contributed by atoms with E-state index in [-0.39, 0.29) is 0 Å². The number of rotatable bonds is 5. The predicted octanol–water partition coefficient (Wildman–Crippen LogP) is 3.59. The van der Waals surface area contributed by atoms with E-state index in [0.29, 0.717) is 6.04 Å². The average molecular weight is 254 g/mol. The third-order valence-electron chi connectivity index (χ3n) is 3.30. The van der Waals surface area contributed by atoms with E-state index < -0.39 is 0 Å². The molecule has 1 atom stereocenters. The number of benzene rings is 1. The molecule has 1 aromatic carbocycles. The molecule has 19 heavy (non-hydrogen) atoms. The Morgan fingerprint density at radius 2 is 1.84 bits per heavy atom. The molecule has 100 valence electrons. The average Bonchev–Trinajstić information content (AvgIpc) is 2.38. The van der Waals surface area contributed by atoms with Gasteiger partial charge in [0.25, 0.3) is 0 Å². The van der Waals surface area contributed by atoms with Gasteiger partial charge in [-0.2, -0.15) is 0 Å². The molecule has 2 nitrogen and oxygen atoms in total. The molecule has 1 N–H and O–H groups in total. The molecular formula is C17H22N2. The van der Waals surface area contributed by atoms with Gasteiger partial charge in [0, 0.05) is 30.9 Å². The summed E-state index contributed by atoms with van der Waals surface area (Å²) in [4.78, 5) is 4.34. The second kappa shape index (κ2) is 6.48. The maximum Gasteiger partial charge on any atom is 0.0416 e. The van der Waals surface area contributed by atoms with Crippen molar-refractivity contribution in [3.8, 4) is 0 Å². The Kier molecular flexibility index (Phi) is 4.69. The fourth-order valence-corrected chi connectivity index (χ4v) is 2.34. The molecule has 0 bridgehead atoms. The first-order chi connectivity index (χ1) is 9.15. The number of aryl methyl sites for hydroxylation is 2. The summed E-state index contributed by atoms with van der Waals surface area (Å²) in [5.74, 6) is 0. The topological polar surface area (TPSA) is 24.9 Å². The van der Waals surface area contributed by atoms with Crippen LogP contribution < -0.4 is 5.32 Å². The number of hydrogen-bond acceptors (Lipinski definition) is 2. The number of hydrogen-bond donors (Lipinski definition) is 1. The van der Waals surface area contributed by atoms with E-state index in [1.807, 2.05) is 18.3 Å². The van der Waals surface area contributed by atoms with Crippen LogP contribution in [0.4, 0.5) is 0 Å². The van der Waals surface area contributed by atoms with E-state index in [4.69, 9.17) is 0 Å². The van der Waals surface area contributed by atoms with E-state index in [0.717, 1.165) is 18.7 Å². The first-order valence-corrected chi connectivity index (χ1v) is 6.86. The molecule has 1 unspecified atom stereocenters. The Bertz CT molecular complexity index is 500. The molecule has 0 radical (unpaired) electrons. The highest BCUT2D eigenvalue weighted by molar-refractivity contribution is 5.30. The van der Waals surface area contributed by atoms with E-state index >= 15 is 0 Å². The van der Waals surface area contributed by atoms with E-state index in [1.165, 1.54) is 16.7 Å². The second-order valence-electron chi connectivity index (χ2n) is 5.17. The van der Waals surface area contributed by atoms with Crippen molar-refractivity contribution >= 4 is 0 Å². The summed E-state index contributed by atoms with van der Waals surface area (Å²) in [6.07, 6.45) is 2.82. The summed E-state index contributed by atoms with van der Waals surface area (Å²) in [7, 11) is 0. The molecule has 0 fully saturated rings. The molecule has 0 amide bonds. The fourth-order valence-electron chi connectivity index (χ4n) is 2.34. The molecule has 1 heterocycles. The van der Waals surface area contributed by atoms with E-state index in [1.54, 1.807) is 0 Å². The number of pyridine rings is 1. The predicted molar refractivity (Wildman–Crippen MR) is 80.3 cm³/mol. The van der Waals surface area contributed by atoms with Crippen LogP contribution in [-0.2, 0) is 6.42 Å². The van der Waals surface area contributed by atoms with Crippen LogP contribution >= 0.6 is 0 Å². The summed E-state index contributed by atoms with van der Waals surface area (Å²) in [6, 6.07) is 13.2. The first-order valence-electron chi connectivity index (χ1n) is 6.86. The van der Waals surface area contributed by atoms with Crippen molar-refractivity contribution in [2.45, 2.75) is 33.2 Å². The molecule has 2 heteroatoms. The van der Waals surface area contributed by atoms with Crippen molar-refractivity contribution in [3.05, 3.63) is 65.0 Å². The van der Waals surface area contributed by atoms with Crippen molar-refractivity contribution in [1.29, 1.82) is 0 Å². The molecule has 0 saturated heterocycles. The highest BCUT2D eigenvalue weighted by atomic mass is 14.9. The minimum Gasteiger partial charge on any atom is -0.310 e. The second-order valence-corrected chi connectivity index (χ2v) is 5.17. The van der Waals surface area contributed by atoms with Gasteiger partial charge in [-0.3, -0.25) is 4.98 Å². The molecule has 0 aliphatic heterocycles. The Hall–Kier alpha value is -1.67. The minimum absolute atomic E-state index is 0.377. The van der Waals surface area contributed by atoms with Gasteiger partial charge in [0.1, 0.15) is 0 Å². The highest BCUT2D eigenvalue weighted by Crippen LogP contribution is 2.16. The van der Waals surface area contributed by atoms with Gasteiger partial charge in [0.2, 0.25) is 0 Å². The van der Waals surface area contributed by atoms with Crippen molar-refractivity contribution < 1.29 is 0 Å². The van der Waals surface area contributed by atoms with Gasteiger partial charge in [-0.25, -0.2) is 0 Å². The molecule has 0 aliphatic rings. The standard InChI is InChI=1S/C17H22N2/c1-13-10-14(2)12-16(11-13)15(3)18-9-7-17-6-4-5-8-19-17/h4-6,8,10-12,15,18H,7,9H2,1-3H3. The number of aromatic nitrogens is 1. The smallest absolute Gasteiger partial charge is 0.0416 e. The SMILES string of the molecule is Cc1cc(C)cc(C(C)NCCc2ccccn2)c1. The maximum atomic E-state index is 4.34. The van der Waals surface area contributed by atoms with Crippen LogP contribution in [-0.4, -0.2) is 11.5 Å². The zero-order valence-corrected chi connectivity index (χ0v) is 12.0. The zero-order chi connectivity index (χ0) is 13.7. The quantitative estimate of drug-likeness (QED) is 0.882. The van der Waals surface area contributed by atoms with E-state index in [2.05, 4.69) is 55.3 Å². The van der Waals surface area contributed by atoms with Gasteiger partial charge in [-0.15, -0.1) is 0 Å². The van der Waals surface area contributed by atoms with Crippen LogP contribution in [0.25, 0.3) is 0 Å². The van der Waals surface area contributed by atoms with Gasteiger partial charge in [-0.05, 0) is 38.5 Å². The Morgan fingerprint density at radius 1 is 1.11 bits per heavy atom. The van der Waals surface area contributed by atoms with Crippen LogP contribution in [0.5, 0.6) is 0 Å². The van der Waals surface area contributed by atoms with E-state index in [9.17, 15) is 0 Å². The summed E-state index contributed by atoms with van der Waals surface area (Å²) in [5.41, 5.74) is 5.16. The van der Waals surface area contributed by atoms with Crippen molar-refractivity contribution in [1.82, 2.24) is 10.3 Å². The molecule has 0 saturated carbocycles. The molecule has 1 aromatic heterocycles. The monoisotopic (exact) mass is 254 g/mol. The van der Waals surface area contributed by atoms with Gasteiger partial charge in [0.15, 0.2) is 0 Å². The molecular weight excluding hydrogens is 232 g/mol. The summed E-state index contributed by atoms with van der Waals surface area (Å²) >= 11 is 0. The third-order valence-corrected chi connectivity index (χ3v) is 3.30. The summed E-state index contributed by atoms with van der Waals surface area (Å²) < 4.78 is 0. The van der Waals surface area contributed by atoms with Crippen LogP contribution in [0, 0.1) is 13.8 Å². The van der Waals surface area contributed by atoms with Crippen LogP contribution in [0.15, 0.2) is 42.6 Å². The Balaban J connectivity index is 1.89. The number of nitrogens with zero attached hydrogens (tertiary/aromatic N) is 1. The van der Waals surface area contributed by atoms with Gasteiger partial charge in [0.05, 0.1) is 0 Å². The third kappa shape index (κ3) is 4.18. The highest BCUT2D eigenvalue weighted by Gasteiger charge is 2.05. The molecule has 0 aliphatic carbocycles. The summed E-state index contributed by atoms with van der Waals surface area (Å²) in [5, 5.41) is 3.56. The van der Waals surface area contributed by atoms with Crippen molar-refractivity contribution in [2.75, 3.05) is 6.54 Å². The Labute approximate surface area is 115 Å². The lowest BCUT2D eigenvalue weighted by Gasteiger charge is -2.15. The normalized spacial score (nSPS) is 12.4. The van der Waals surface area contributed by atoms with Crippen LogP contribution in [0.2, 0.25) is 0 Å². The van der Waals surface area contributed by atoms with Crippen molar-refractivity contribution in [3.63, 3.8) is 0 Å². The van der Waals surface area contributed by atoms with Crippen molar-refractivity contribution in [2.24, 2.45) is 0 Å². The van der Waals surface area contributed by atoms with Gasteiger partial charge >= 0.3 is 0 Å². The Morgan fingerprint density at radius 3 is 2.47 bits per heavy atom. The largest absolute Gasteiger partial charge is 0.310 e. The lowest BCUT2D eigenvalue weighted by Crippen LogP contribution is -2.21. The molecule has 0 spiro atoms. The lowest BCUT2D eigenvalue weighted by atomic mass is 10.0. The van der Waals surface area contributed by atoms with Crippen LogP contribution in [0.3, 0.4) is 0 Å². The molecule has 2 aromatic rings. The lowest BCUT2D eigenvalue weighted by molar-refractivity contribution is 0.573. The zero-order valence-electron chi connectivity index (χ0n) is 12.0. The first kappa shape index (κ1) is 13.8. The van der Waals surface area contributed by atoms with Gasteiger partial charge in [-0.1, -0.05) is 35.4 Å². The minimum atomic E-state index is 0.377. The molecule has 2 rings (SSSR count). The maximum absolute atomic E-state index is 4.34. The van der Waals surface area contributed by atoms with Gasteiger partial charge < -0.3 is 5.32 Å². The summed E-state index contributed by atoms with van der Waals surface area (Å²) in [6.45, 7) is 7.46. The van der Waals surface area contributed by atoms with Crippen LogP contribution in [0.1, 0.15) is 35.3 Å². The fraction of sp³-hybridized carbons (Fsp3) is 0.353.